The number of benzene rings is 1. The highest BCUT2D eigenvalue weighted by atomic mass is 16.1. The van der Waals surface area contributed by atoms with Crippen molar-refractivity contribution < 1.29 is 4.79 Å². The number of imidazole rings is 1. The summed E-state index contributed by atoms with van der Waals surface area (Å²) in [4.78, 5) is 18.7. The van der Waals surface area contributed by atoms with Gasteiger partial charge in [-0.1, -0.05) is 0 Å². The Hall–Kier alpha value is -2.24. The smallest absolute Gasteiger partial charge is 0.220 e. The maximum absolute atomic E-state index is 11.1. The van der Waals surface area contributed by atoms with Gasteiger partial charge in [0.15, 0.2) is 0 Å². The number of anilines is 2. The average Bonchev–Trinajstić information content (AvgIpc) is 2.73. The summed E-state index contributed by atoms with van der Waals surface area (Å²) in [5.74, 6) is 0.835. The molecule has 94 valence electrons. The third-order valence-corrected chi connectivity index (χ3v) is 3.11. The zero-order valence-electron chi connectivity index (χ0n) is 9.86. The van der Waals surface area contributed by atoms with Crippen molar-refractivity contribution in [3.63, 3.8) is 0 Å². The van der Waals surface area contributed by atoms with Crippen LogP contribution in [0.25, 0.3) is 11.0 Å². The van der Waals surface area contributed by atoms with Gasteiger partial charge in [-0.15, -0.1) is 0 Å². The molecule has 1 fully saturated rings. The maximum Gasteiger partial charge on any atom is 0.220 e. The van der Waals surface area contributed by atoms with Crippen molar-refractivity contribution >= 4 is 28.6 Å². The van der Waals surface area contributed by atoms with E-state index in [1.165, 1.54) is 0 Å². The number of fused-ring (bicyclic) bond motifs is 1. The van der Waals surface area contributed by atoms with Crippen molar-refractivity contribution in [1.82, 2.24) is 15.3 Å². The zero-order valence-corrected chi connectivity index (χ0v) is 9.86. The molecule has 18 heavy (non-hydrogen) atoms. The number of aromatic nitrogens is 2. The minimum absolute atomic E-state index is 0.116. The average molecular weight is 245 g/mol. The van der Waals surface area contributed by atoms with E-state index in [9.17, 15) is 4.79 Å². The molecule has 0 bridgehead atoms. The molecule has 6 nitrogen and oxygen atoms in total. The molecule has 5 N–H and O–H groups in total. The van der Waals surface area contributed by atoms with Crippen molar-refractivity contribution in [2.24, 2.45) is 0 Å². The van der Waals surface area contributed by atoms with Gasteiger partial charge in [-0.05, 0) is 24.6 Å². The SMILES string of the molecule is Nc1ccc2nc(NC3CCC(=O)NC3)[nH]c2c1. The Labute approximate surface area is 104 Å². The fraction of sp³-hybridized carbons (Fsp3) is 0.333. The van der Waals surface area contributed by atoms with Gasteiger partial charge < -0.3 is 21.4 Å². The molecule has 1 atom stereocenters. The minimum Gasteiger partial charge on any atom is -0.399 e. The van der Waals surface area contributed by atoms with Crippen LogP contribution in [-0.2, 0) is 4.79 Å². The predicted octanol–water partition coefficient (Wildman–Crippen LogP) is 0.836. The van der Waals surface area contributed by atoms with E-state index < -0.39 is 0 Å². The van der Waals surface area contributed by atoms with Gasteiger partial charge >= 0.3 is 0 Å². The van der Waals surface area contributed by atoms with Crippen molar-refractivity contribution in [1.29, 1.82) is 0 Å². The summed E-state index contributed by atoms with van der Waals surface area (Å²) in [6.45, 7) is 0.637. The Balaban J connectivity index is 1.76. The molecule has 1 aliphatic heterocycles. The van der Waals surface area contributed by atoms with E-state index in [0.29, 0.717) is 18.7 Å². The monoisotopic (exact) mass is 245 g/mol. The number of nitrogens with two attached hydrogens (primary N) is 1. The van der Waals surface area contributed by atoms with Crippen molar-refractivity contribution in [3.8, 4) is 0 Å². The first-order valence-electron chi connectivity index (χ1n) is 5.99. The lowest BCUT2D eigenvalue weighted by atomic mass is 10.1. The number of carbonyl (C=O) groups is 1. The van der Waals surface area contributed by atoms with Gasteiger partial charge in [0.1, 0.15) is 0 Å². The molecule has 0 saturated carbocycles. The molecular formula is C12H15N5O. The van der Waals surface area contributed by atoms with Gasteiger partial charge in [0, 0.05) is 24.7 Å². The number of hydrogen-bond donors (Lipinski definition) is 4. The Morgan fingerprint density at radius 1 is 1.44 bits per heavy atom. The standard InChI is InChI=1S/C12H15N5O/c13-7-1-3-9-10(5-7)17-12(16-9)15-8-2-4-11(18)14-6-8/h1,3,5,8H,2,4,6,13H2,(H,14,18)(H2,15,16,17). The number of H-pyrrole nitrogens is 1. The van der Waals surface area contributed by atoms with E-state index in [2.05, 4.69) is 20.6 Å². The number of aromatic amines is 1. The van der Waals surface area contributed by atoms with Crippen LogP contribution in [0.3, 0.4) is 0 Å². The number of amides is 1. The van der Waals surface area contributed by atoms with E-state index in [1.54, 1.807) is 0 Å². The number of nitrogens with one attached hydrogen (secondary N) is 3. The Morgan fingerprint density at radius 2 is 2.33 bits per heavy atom. The summed E-state index contributed by atoms with van der Waals surface area (Å²) in [5, 5.41) is 6.12. The number of nitrogens with zero attached hydrogens (tertiary/aromatic N) is 1. The van der Waals surface area contributed by atoms with Crippen LogP contribution < -0.4 is 16.4 Å². The second-order valence-electron chi connectivity index (χ2n) is 4.55. The molecule has 0 aliphatic carbocycles. The normalized spacial score (nSPS) is 19.8. The van der Waals surface area contributed by atoms with Crippen LogP contribution >= 0.6 is 0 Å². The van der Waals surface area contributed by atoms with E-state index in [4.69, 9.17) is 5.73 Å². The second kappa shape index (κ2) is 4.21. The van der Waals surface area contributed by atoms with E-state index in [0.717, 1.165) is 23.4 Å². The van der Waals surface area contributed by atoms with Crippen LogP contribution in [-0.4, -0.2) is 28.5 Å². The van der Waals surface area contributed by atoms with E-state index >= 15 is 0 Å². The zero-order chi connectivity index (χ0) is 12.5. The molecule has 1 unspecified atom stereocenters. The van der Waals surface area contributed by atoms with Crippen molar-refractivity contribution in [2.75, 3.05) is 17.6 Å². The second-order valence-corrected chi connectivity index (χ2v) is 4.55. The van der Waals surface area contributed by atoms with E-state index in [-0.39, 0.29) is 11.9 Å². The van der Waals surface area contributed by atoms with Crippen LogP contribution in [0, 0.1) is 0 Å². The molecule has 0 radical (unpaired) electrons. The minimum atomic E-state index is 0.116. The topological polar surface area (TPSA) is 95.8 Å². The predicted molar refractivity (Wildman–Crippen MR) is 70.2 cm³/mol. The number of hydrogen-bond acceptors (Lipinski definition) is 4. The van der Waals surface area contributed by atoms with Gasteiger partial charge in [-0.25, -0.2) is 4.98 Å². The lowest BCUT2D eigenvalue weighted by molar-refractivity contribution is -0.122. The Morgan fingerprint density at radius 3 is 3.11 bits per heavy atom. The molecule has 2 heterocycles. The molecule has 1 aromatic carbocycles. The van der Waals surface area contributed by atoms with Gasteiger partial charge in [-0.2, -0.15) is 0 Å². The van der Waals surface area contributed by atoms with E-state index in [1.807, 2.05) is 18.2 Å². The summed E-state index contributed by atoms with van der Waals surface area (Å²) in [5.41, 5.74) is 8.22. The largest absolute Gasteiger partial charge is 0.399 e. The van der Waals surface area contributed by atoms with Crippen molar-refractivity contribution in [2.45, 2.75) is 18.9 Å². The number of carbonyl (C=O) groups excluding carboxylic acids is 1. The number of nitrogen functional groups attached to an aromatic ring is 1. The quantitative estimate of drug-likeness (QED) is 0.589. The first-order chi connectivity index (χ1) is 8.70. The maximum atomic E-state index is 11.1. The summed E-state index contributed by atoms with van der Waals surface area (Å²) in [7, 11) is 0. The van der Waals surface area contributed by atoms with Crippen LogP contribution in [0.2, 0.25) is 0 Å². The lowest BCUT2D eigenvalue weighted by Crippen LogP contribution is -2.42. The molecule has 3 rings (SSSR count). The first-order valence-corrected chi connectivity index (χ1v) is 5.99. The highest BCUT2D eigenvalue weighted by molar-refractivity contribution is 5.81. The Kier molecular flexibility index (Phi) is 2.55. The first kappa shape index (κ1) is 10.9. The molecule has 1 amide bonds. The van der Waals surface area contributed by atoms with Crippen molar-refractivity contribution in [3.05, 3.63) is 18.2 Å². The van der Waals surface area contributed by atoms with Crippen LogP contribution in [0.1, 0.15) is 12.8 Å². The number of piperidine rings is 1. The fourth-order valence-corrected chi connectivity index (χ4v) is 2.14. The van der Waals surface area contributed by atoms with Gasteiger partial charge in [0.2, 0.25) is 11.9 Å². The fourth-order valence-electron chi connectivity index (χ4n) is 2.14. The third-order valence-electron chi connectivity index (χ3n) is 3.11. The summed E-state index contributed by atoms with van der Waals surface area (Å²) < 4.78 is 0. The van der Waals surface area contributed by atoms with Crippen LogP contribution in [0.5, 0.6) is 0 Å². The molecule has 6 heteroatoms. The molecular weight excluding hydrogens is 230 g/mol. The summed E-state index contributed by atoms with van der Waals surface area (Å²) >= 11 is 0. The van der Waals surface area contributed by atoms with Gasteiger partial charge in [0.05, 0.1) is 11.0 Å². The van der Waals surface area contributed by atoms with Crippen LogP contribution in [0.4, 0.5) is 11.6 Å². The van der Waals surface area contributed by atoms with Gasteiger partial charge in [-0.3, -0.25) is 4.79 Å². The molecule has 1 aromatic heterocycles. The van der Waals surface area contributed by atoms with Crippen LogP contribution in [0.15, 0.2) is 18.2 Å². The molecule has 1 saturated heterocycles. The molecule has 1 aliphatic rings. The lowest BCUT2D eigenvalue weighted by Gasteiger charge is -2.22. The third kappa shape index (κ3) is 2.09. The molecule has 2 aromatic rings. The Bertz CT molecular complexity index is 581. The molecule has 0 spiro atoms. The number of rotatable bonds is 2. The highest BCUT2D eigenvalue weighted by Crippen LogP contribution is 2.18. The van der Waals surface area contributed by atoms with Gasteiger partial charge in [0.25, 0.3) is 0 Å². The highest BCUT2D eigenvalue weighted by Gasteiger charge is 2.18. The summed E-state index contributed by atoms with van der Waals surface area (Å²) in [6, 6.07) is 5.79. The summed E-state index contributed by atoms with van der Waals surface area (Å²) in [6.07, 6.45) is 1.38.